The molecule has 9 nitrogen and oxygen atoms in total. The maximum Gasteiger partial charge on any atom is 0.293 e. The summed E-state index contributed by atoms with van der Waals surface area (Å²) in [6.07, 6.45) is 0. The van der Waals surface area contributed by atoms with Crippen molar-refractivity contribution in [1.82, 2.24) is 4.98 Å². The van der Waals surface area contributed by atoms with E-state index in [1.54, 1.807) is 24.3 Å². The van der Waals surface area contributed by atoms with E-state index >= 15 is 0 Å². The van der Waals surface area contributed by atoms with Gasteiger partial charge >= 0.3 is 0 Å². The molecule has 126 valence electrons. The van der Waals surface area contributed by atoms with Crippen molar-refractivity contribution in [2.24, 2.45) is 10.2 Å². The summed E-state index contributed by atoms with van der Waals surface area (Å²) in [5, 5.41) is 29.1. The molecule has 0 saturated heterocycles. The van der Waals surface area contributed by atoms with E-state index in [1.807, 2.05) is 0 Å². The number of nitro benzene ring substituents is 1. The molecule has 0 bridgehead atoms. The summed E-state index contributed by atoms with van der Waals surface area (Å²) in [6, 6.07) is 10.7. The zero-order valence-electron chi connectivity index (χ0n) is 13.0. The molecule has 0 spiro atoms. The van der Waals surface area contributed by atoms with Crippen molar-refractivity contribution in [2.45, 2.75) is 0 Å². The number of fused-ring (bicyclic) bond motifs is 1. The number of aromatic nitrogens is 1. The molecule has 0 amide bonds. The lowest BCUT2D eigenvalue weighted by molar-refractivity contribution is -0.383. The zero-order valence-corrected chi connectivity index (χ0v) is 13.0. The second-order valence-corrected chi connectivity index (χ2v) is 5.01. The van der Waals surface area contributed by atoms with Crippen LogP contribution in [0.3, 0.4) is 0 Å². The molecule has 9 heteroatoms. The number of aromatic hydroxyl groups is 1. The first-order valence-corrected chi connectivity index (χ1v) is 7.09. The molecule has 1 heterocycles. The molecule has 0 fully saturated rings. The summed E-state index contributed by atoms with van der Waals surface area (Å²) in [5.74, 6) is 0.164. The van der Waals surface area contributed by atoms with Gasteiger partial charge in [0.15, 0.2) is 11.4 Å². The number of aromatic amines is 1. The summed E-state index contributed by atoms with van der Waals surface area (Å²) in [5.41, 5.74) is -1.05. The fraction of sp³-hybridized carbons (Fsp3) is 0.0625. The van der Waals surface area contributed by atoms with E-state index in [-0.39, 0.29) is 22.3 Å². The molecular weight excluding hydrogens is 328 g/mol. The second kappa shape index (κ2) is 6.40. The maximum atomic E-state index is 12.1. The van der Waals surface area contributed by atoms with Crippen molar-refractivity contribution in [2.75, 3.05) is 7.11 Å². The Morgan fingerprint density at radius 3 is 2.52 bits per heavy atom. The number of rotatable bonds is 4. The van der Waals surface area contributed by atoms with Gasteiger partial charge in [0.2, 0.25) is 0 Å². The molecule has 0 aliphatic carbocycles. The third kappa shape index (κ3) is 3.02. The Morgan fingerprint density at radius 1 is 1.16 bits per heavy atom. The number of benzene rings is 2. The first-order chi connectivity index (χ1) is 12.0. The monoisotopic (exact) mass is 340 g/mol. The molecule has 3 aromatic rings. The number of para-hydroxylation sites is 1. The molecule has 0 aliphatic heterocycles. The highest BCUT2D eigenvalue weighted by Gasteiger charge is 2.18. The van der Waals surface area contributed by atoms with Gasteiger partial charge in [-0.05, 0) is 30.3 Å². The lowest BCUT2D eigenvalue weighted by Crippen LogP contribution is -2.06. The van der Waals surface area contributed by atoms with Crippen LogP contribution in [0.15, 0.2) is 57.5 Å². The quantitative estimate of drug-likeness (QED) is 0.426. The number of nitrogens with zero attached hydrogens (tertiary/aromatic N) is 3. The topological polar surface area (TPSA) is 130 Å². The Hall–Kier alpha value is -3.75. The van der Waals surface area contributed by atoms with Crippen LogP contribution in [-0.2, 0) is 0 Å². The van der Waals surface area contributed by atoms with Crippen LogP contribution in [0.1, 0.15) is 0 Å². The summed E-state index contributed by atoms with van der Waals surface area (Å²) in [4.78, 5) is 24.9. The van der Waals surface area contributed by atoms with Gasteiger partial charge in [-0.1, -0.05) is 6.07 Å². The number of hydrogen-bond acceptors (Lipinski definition) is 7. The van der Waals surface area contributed by atoms with Crippen LogP contribution in [-0.4, -0.2) is 22.1 Å². The minimum Gasteiger partial charge on any atom is -0.505 e. The van der Waals surface area contributed by atoms with E-state index in [0.29, 0.717) is 11.4 Å². The molecule has 1 aromatic heterocycles. The minimum atomic E-state index is -0.781. The molecule has 25 heavy (non-hydrogen) atoms. The third-order valence-electron chi connectivity index (χ3n) is 3.51. The lowest BCUT2D eigenvalue weighted by Gasteiger charge is -2.04. The smallest absolute Gasteiger partial charge is 0.293 e. The van der Waals surface area contributed by atoms with E-state index < -0.39 is 16.2 Å². The van der Waals surface area contributed by atoms with Gasteiger partial charge in [0.25, 0.3) is 11.2 Å². The average molecular weight is 340 g/mol. The number of H-pyrrole nitrogens is 1. The van der Waals surface area contributed by atoms with Crippen molar-refractivity contribution >= 4 is 28.0 Å². The first-order valence-electron chi connectivity index (χ1n) is 7.09. The molecule has 0 radical (unpaired) electrons. The van der Waals surface area contributed by atoms with Crippen LogP contribution >= 0.6 is 0 Å². The normalized spacial score (nSPS) is 11.1. The maximum absolute atomic E-state index is 12.1. The van der Waals surface area contributed by atoms with Crippen molar-refractivity contribution in [3.63, 3.8) is 0 Å². The number of pyridine rings is 1. The summed E-state index contributed by atoms with van der Waals surface area (Å²) in [7, 11) is 1.53. The number of non-ortho nitro benzene ring substituents is 1. The van der Waals surface area contributed by atoms with E-state index in [0.717, 1.165) is 0 Å². The van der Waals surface area contributed by atoms with E-state index in [9.17, 15) is 20.0 Å². The fourth-order valence-corrected chi connectivity index (χ4v) is 2.28. The number of nitrogens with one attached hydrogen (secondary N) is 1. The lowest BCUT2D eigenvalue weighted by atomic mass is 10.1. The fourth-order valence-electron chi connectivity index (χ4n) is 2.28. The van der Waals surface area contributed by atoms with Crippen LogP contribution < -0.4 is 10.3 Å². The van der Waals surface area contributed by atoms with Crippen LogP contribution in [0.2, 0.25) is 0 Å². The van der Waals surface area contributed by atoms with Gasteiger partial charge in [0, 0.05) is 11.5 Å². The number of nitro groups is 1. The molecule has 0 saturated carbocycles. The Bertz CT molecular complexity index is 1040. The van der Waals surface area contributed by atoms with Gasteiger partial charge < -0.3 is 14.8 Å². The summed E-state index contributed by atoms with van der Waals surface area (Å²) < 4.78 is 5.03. The highest BCUT2D eigenvalue weighted by Crippen LogP contribution is 2.34. The summed E-state index contributed by atoms with van der Waals surface area (Å²) in [6.45, 7) is 0. The van der Waals surface area contributed by atoms with Crippen molar-refractivity contribution in [1.29, 1.82) is 0 Å². The number of azo groups is 1. The highest BCUT2D eigenvalue weighted by atomic mass is 16.6. The molecule has 0 atom stereocenters. The van der Waals surface area contributed by atoms with Crippen molar-refractivity contribution in [3.8, 4) is 11.5 Å². The molecule has 0 aliphatic rings. The van der Waals surface area contributed by atoms with Gasteiger partial charge in [0.05, 0.1) is 17.7 Å². The zero-order chi connectivity index (χ0) is 18.0. The molecular formula is C16H12N4O5. The van der Waals surface area contributed by atoms with Crippen molar-refractivity contribution < 1.29 is 14.8 Å². The Labute approximate surface area is 140 Å². The van der Waals surface area contributed by atoms with Crippen LogP contribution in [0, 0.1) is 10.1 Å². The SMILES string of the molecule is COc1ccc(N=Nc2c(O)c3cccc([N+](=O)[O-])c3[nH]c2=O)cc1. The van der Waals surface area contributed by atoms with Gasteiger partial charge in [-0.15, -0.1) is 5.11 Å². The van der Waals surface area contributed by atoms with Gasteiger partial charge in [-0.2, -0.15) is 5.11 Å². The first kappa shape index (κ1) is 16.1. The van der Waals surface area contributed by atoms with Crippen LogP contribution in [0.25, 0.3) is 10.9 Å². The van der Waals surface area contributed by atoms with E-state index in [4.69, 9.17) is 4.74 Å². The van der Waals surface area contributed by atoms with Crippen LogP contribution in [0.4, 0.5) is 17.1 Å². The highest BCUT2D eigenvalue weighted by molar-refractivity contribution is 5.94. The third-order valence-corrected chi connectivity index (χ3v) is 3.51. The van der Waals surface area contributed by atoms with Gasteiger partial charge in [-0.3, -0.25) is 14.9 Å². The van der Waals surface area contributed by atoms with E-state index in [1.165, 1.54) is 25.3 Å². The van der Waals surface area contributed by atoms with E-state index in [2.05, 4.69) is 15.2 Å². The number of ether oxygens (including phenoxy) is 1. The Morgan fingerprint density at radius 2 is 1.88 bits per heavy atom. The second-order valence-electron chi connectivity index (χ2n) is 5.01. The Kier molecular flexibility index (Phi) is 4.12. The molecule has 2 N–H and O–H groups in total. The molecule has 2 aromatic carbocycles. The standard InChI is InChI=1S/C16H12N4O5/c1-25-10-7-5-9(6-8-10)18-19-14-15(21)11-3-2-4-12(20(23)24)13(11)17-16(14)22/h2-8H,1H3,(H2,17,21,22). The largest absolute Gasteiger partial charge is 0.505 e. The number of methoxy groups -OCH3 is 1. The predicted molar refractivity (Wildman–Crippen MR) is 90.1 cm³/mol. The molecule has 3 rings (SSSR count). The van der Waals surface area contributed by atoms with Crippen LogP contribution in [0.5, 0.6) is 11.5 Å². The minimum absolute atomic E-state index is 0.0709. The predicted octanol–water partition coefficient (Wildman–Crippen LogP) is 3.57. The van der Waals surface area contributed by atoms with Crippen molar-refractivity contribution in [3.05, 3.63) is 62.9 Å². The Balaban J connectivity index is 2.09. The summed E-state index contributed by atoms with van der Waals surface area (Å²) >= 11 is 0. The average Bonchev–Trinajstić information content (AvgIpc) is 2.61. The molecule has 0 unspecified atom stereocenters. The van der Waals surface area contributed by atoms with Gasteiger partial charge in [0.1, 0.15) is 11.3 Å². The van der Waals surface area contributed by atoms with Gasteiger partial charge in [-0.25, -0.2) is 0 Å². The number of hydrogen-bond donors (Lipinski definition) is 2.